The van der Waals surface area contributed by atoms with E-state index in [4.69, 9.17) is 16.3 Å². The number of pyridine rings is 1. The molecule has 0 aliphatic rings. The topological polar surface area (TPSA) is 51.2 Å². The van der Waals surface area contributed by atoms with Gasteiger partial charge in [0.1, 0.15) is 10.9 Å². The van der Waals surface area contributed by atoms with Gasteiger partial charge >= 0.3 is 0 Å². The second kappa shape index (κ2) is 6.91. The summed E-state index contributed by atoms with van der Waals surface area (Å²) in [5.74, 6) is 0.665. The van der Waals surface area contributed by atoms with Crippen molar-refractivity contribution in [1.82, 2.24) is 10.3 Å². The Labute approximate surface area is 122 Å². The first-order valence-electron chi connectivity index (χ1n) is 6.22. The molecule has 1 N–H and O–H groups in total. The summed E-state index contributed by atoms with van der Waals surface area (Å²) >= 11 is 5.75. The van der Waals surface area contributed by atoms with Gasteiger partial charge in [-0.15, -0.1) is 0 Å². The van der Waals surface area contributed by atoms with Gasteiger partial charge in [-0.2, -0.15) is 0 Å². The zero-order valence-corrected chi connectivity index (χ0v) is 11.9. The van der Waals surface area contributed by atoms with E-state index in [2.05, 4.69) is 10.3 Å². The maximum atomic E-state index is 11.9. The molecule has 0 radical (unpaired) electrons. The number of carbonyl (C=O) groups excluding carboxylic acids is 1. The molecule has 104 valence electrons. The highest BCUT2D eigenvalue weighted by Crippen LogP contribution is 2.17. The number of para-hydroxylation sites is 1. The first kappa shape index (κ1) is 14.3. The summed E-state index contributed by atoms with van der Waals surface area (Å²) in [6.07, 6.45) is 2.21. The highest BCUT2D eigenvalue weighted by molar-refractivity contribution is 6.29. The van der Waals surface area contributed by atoms with Crippen molar-refractivity contribution >= 4 is 17.5 Å². The summed E-state index contributed by atoms with van der Waals surface area (Å²) in [5, 5.41) is 3.15. The molecule has 20 heavy (non-hydrogen) atoms. The number of hydrogen-bond donors (Lipinski definition) is 1. The van der Waals surface area contributed by atoms with Gasteiger partial charge in [0, 0.05) is 18.3 Å². The molecule has 0 atom stereocenters. The monoisotopic (exact) mass is 290 g/mol. The Kier molecular flexibility index (Phi) is 4.96. The van der Waals surface area contributed by atoms with E-state index in [0.717, 1.165) is 11.3 Å². The quantitative estimate of drug-likeness (QED) is 0.862. The summed E-state index contributed by atoms with van der Waals surface area (Å²) in [6, 6.07) is 10.9. The van der Waals surface area contributed by atoms with Crippen molar-refractivity contribution in [3.8, 4) is 5.75 Å². The number of halogens is 1. The number of methoxy groups -OCH3 is 1. The van der Waals surface area contributed by atoms with Crippen molar-refractivity contribution in [2.24, 2.45) is 0 Å². The Morgan fingerprint density at radius 1 is 1.35 bits per heavy atom. The Bertz CT molecular complexity index is 602. The Balaban J connectivity index is 1.91. The van der Waals surface area contributed by atoms with E-state index >= 15 is 0 Å². The predicted molar refractivity (Wildman–Crippen MR) is 78.3 cm³/mol. The van der Waals surface area contributed by atoms with Gasteiger partial charge in [0.2, 0.25) is 0 Å². The maximum Gasteiger partial charge on any atom is 0.251 e. The fraction of sp³-hybridized carbons (Fsp3) is 0.200. The van der Waals surface area contributed by atoms with Crippen LogP contribution in [-0.4, -0.2) is 24.5 Å². The van der Waals surface area contributed by atoms with Crippen LogP contribution in [0, 0.1) is 0 Å². The molecule has 0 unspecified atom stereocenters. The molecule has 2 rings (SSSR count). The molecule has 0 aliphatic heterocycles. The van der Waals surface area contributed by atoms with Crippen molar-refractivity contribution in [3.63, 3.8) is 0 Å². The fourth-order valence-corrected chi connectivity index (χ4v) is 2.04. The van der Waals surface area contributed by atoms with Gasteiger partial charge in [-0.25, -0.2) is 4.98 Å². The molecule has 1 aromatic heterocycles. The first-order chi connectivity index (χ1) is 9.70. The number of benzene rings is 1. The van der Waals surface area contributed by atoms with Crippen LogP contribution >= 0.6 is 11.6 Å². The Morgan fingerprint density at radius 3 is 2.90 bits per heavy atom. The van der Waals surface area contributed by atoms with E-state index in [-0.39, 0.29) is 5.91 Å². The van der Waals surface area contributed by atoms with E-state index in [9.17, 15) is 4.79 Å². The van der Waals surface area contributed by atoms with Gasteiger partial charge in [0.05, 0.1) is 7.11 Å². The van der Waals surface area contributed by atoms with Crippen molar-refractivity contribution < 1.29 is 9.53 Å². The number of rotatable bonds is 5. The zero-order chi connectivity index (χ0) is 14.4. The molecule has 1 aromatic carbocycles. The number of aromatic nitrogens is 1. The molecule has 0 saturated carbocycles. The number of carbonyl (C=O) groups is 1. The van der Waals surface area contributed by atoms with Crippen LogP contribution in [0.1, 0.15) is 15.9 Å². The van der Waals surface area contributed by atoms with Gasteiger partial charge in [-0.05, 0) is 30.2 Å². The molecule has 0 spiro atoms. The van der Waals surface area contributed by atoms with Crippen LogP contribution in [0.2, 0.25) is 5.15 Å². The minimum Gasteiger partial charge on any atom is -0.496 e. The van der Waals surface area contributed by atoms with Crippen LogP contribution < -0.4 is 10.1 Å². The number of nitrogens with one attached hydrogen (secondary N) is 1. The highest BCUT2D eigenvalue weighted by Gasteiger charge is 2.07. The lowest BCUT2D eigenvalue weighted by atomic mass is 10.1. The van der Waals surface area contributed by atoms with E-state index in [1.54, 1.807) is 19.2 Å². The van der Waals surface area contributed by atoms with Crippen LogP contribution in [0.15, 0.2) is 42.6 Å². The van der Waals surface area contributed by atoms with Gasteiger partial charge in [-0.3, -0.25) is 4.79 Å². The van der Waals surface area contributed by atoms with Crippen LogP contribution in [0.4, 0.5) is 0 Å². The molecular formula is C15H15ClN2O2. The van der Waals surface area contributed by atoms with E-state index < -0.39 is 0 Å². The lowest BCUT2D eigenvalue weighted by Crippen LogP contribution is -2.25. The average Bonchev–Trinajstić information content (AvgIpc) is 2.47. The minimum absolute atomic E-state index is 0.163. The third kappa shape index (κ3) is 3.71. The van der Waals surface area contributed by atoms with Gasteiger partial charge in [0.25, 0.3) is 5.91 Å². The second-order valence-electron chi connectivity index (χ2n) is 4.18. The summed E-state index contributed by atoms with van der Waals surface area (Å²) < 4.78 is 5.26. The van der Waals surface area contributed by atoms with Crippen LogP contribution in [-0.2, 0) is 6.42 Å². The summed E-state index contributed by atoms with van der Waals surface area (Å²) in [6.45, 7) is 0.527. The third-order valence-electron chi connectivity index (χ3n) is 2.86. The second-order valence-corrected chi connectivity index (χ2v) is 4.57. The van der Waals surface area contributed by atoms with Crippen molar-refractivity contribution in [2.45, 2.75) is 6.42 Å². The Hall–Kier alpha value is -2.07. The number of amides is 1. The summed E-state index contributed by atoms with van der Waals surface area (Å²) in [7, 11) is 1.64. The standard InChI is InChI=1S/C15H15ClN2O2/c1-20-13-5-3-2-4-11(13)6-9-18-15(19)12-7-8-17-14(16)10-12/h2-5,7-8,10H,6,9H2,1H3,(H,18,19). The molecule has 5 heteroatoms. The molecule has 0 fully saturated rings. The number of nitrogens with zero attached hydrogens (tertiary/aromatic N) is 1. The van der Waals surface area contributed by atoms with Crippen molar-refractivity contribution in [3.05, 3.63) is 58.9 Å². The predicted octanol–water partition coefficient (Wildman–Crippen LogP) is 2.72. The third-order valence-corrected chi connectivity index (χ3v) is 3.07. The molecule has 1 heterocycles. The van der Waals surface area contributed by atoms with Gasteiger partial charge in [-0.1, -0.05) is 29.8 Å². The molecule has 2 aromatic rings. The lowest BCUT2D eigenvalue weighted by molar-refractivity contribution is 0.0954. The summed E-state index contributed by atoms with van der Waals surface area (Å²) in [5.41, 5.74) is 1.56. The largest absolute Gasteiger partial charge is 0.496 e. The minimum atomic E-state index is -0.163. The average molecular weight is 291 g/mol. The number of hydrogen-bond acceptors (Lipinski definition) is 3. The highest BCUT2D eigenvalue weighted by atomic mass is 35.5. The SMILES string of the molecule is COc1ccccc1CCNC(=O)c1ccnc(Cl)c1. The molecule has 0 aliphatic carbocycles. The van der Waals surface area contributed by atoms with Gasteiger partial charge in [0.15, 0.2) is 0 Å². The fourth-order valence-electron chi connectivity index (χ4n) is 1.87. The first-order valence-corrected chi connectivity index (χ1v) is 6.60. The lowest BCUT2D eigenvalue weighted by Gasteiger charge is -2.09. The molecule has 0 bridgehead atoms. The van der Waals surface area contributed by atoms with E-state index in [0.29, 0.717) is 23.7 Å². The Morgan fingerprint density at radius 2 is 2.15 bits per heavy atom. The smallest absolute Gasteiger partial charge is 0.251 e. The molecule has 4 nitrogen and oxygen atoms in total. The summed E-state index contributed by atoms with van der Waals surface area (Å²) in [4.78, 5) is 15.8. The maximum absolute atomic E-state index is 11.9. The molecule has 0 saturated heterocycles. The van der Waals surface area contributed by atoms with Gasteiger partial charge < -0.3 is 10.1 Å². The van der Waals surface area contributed by atoms with Crippen LogP contribution in [0.3, 0.4) is 0 Å². The van der Waals surface area contributed by atoms with Crippen molar-refractivity contribution in [1.29, 1.82) is 0 Å². The van der Waals surface area contributed by atoms with Crippen LogP contribution in [0.5, 0.6) is 5.75 Å². The van der Waals surface area contributed by atoms with E-state index in [1.807, 2.05) is 24.3 Å². The molecule has 1 amide bonds. The normalized spacial score (nSPS) is 10.1. The molecular weight excluding hydrogens is 276 g/mol. The zero-order valence-electron chi connectivity index (χ0n) is 11.1. The number of ether oxygens (including phenoxy) is 1. The van der Waals surface area contributed by atoms with Crippen molar-refractivity contribution in [2.75, 3.05) is 13.7 Å². The van der Waals surface area contributed by atoms with E-state index in [1.165, 1.54) is 6.20 Å². The van der Waals surface area contributed by atoms with Crippen LogP contribution in [0.25, 0.3) is 0 Å².